The first-order chi connectivity index (χ1) is 13.2. The van der Waals surface area contributed by atoms with Gasteiger partial charge in [0.15, 0.2) is 11.5 Å². The lowest BCUT2D eigenvalue weighted by molar-refractivity contribution is 0.0288. The summed E-state index contributed by atoms with van der Waals surface area (Å²) in [5.41, 5.74) is 1.14. The maximum atomic E-state index is 10.4. The Hall–Kier alpha value is -1.60. The molecule has 0 amide bonds. The molecule has 0 saturated carbocycles. The molecule has 1 aromatic rings. The smallest absolute Gasteiger partial charge is 0.161 e. The van der Waals surface area contributed by atoms with Crippen LogP contribution >= 0.6 is 0 Å². The SMILES string of the molecule is C=CCC[C@H](O)CN(CCN1CCOCC1)Cc1ccc(OC)c(OC)c1. The number of nitrogens with zero attached hydrogens (tertiary/aromatic N) is 2. The normalized spacial score (nSPS) is 16.3. The highest BCUT2D eigenvalue weighted by Gasteiger charge is 2.16. The third-order valence-electron chi connectivity index (χ3n) is 4.86. The van der Waals surface area contributed by atoms with Crippen LogP contribution in [0.25, 0.3) is 0 Å². The summed E-state index contributed by atoms with van der Waals surface area (Å²) in [6.07, 6.45) is 3.07. The maximum Gasteiger partial charge on any atom is 0.161 e. The lowest BCUT2D eigenvalue weighted by atomic mass is 10.1. The zero-order valence-electron chi connectivity index (χ0n) is 16.7. The number of aliphatic hydroxyl groups excluding tert-OH is 1. The standard InChI is InChI=1S/C21H34N2O4/c1-4-5-6-19(24)17-23(10-9-22-11-13-27-14-12-22)16-18-7-8-20(25-2)21(15-18)26-3/h4,7-8,15,19,24H,1,5-6,9-14,16-17H2,2-3H3/t19-/m0/s1. The van der Waals surface area contributed by atoms with E-state index in [4.69, 9.17) is 14.2 Å². The number of rotatable bonds is 12. The predicted molar refractivity (Wildman–Crippen MR) is 108 cm³/mol. The highest BCUT2D eigenvalue weighted by molar-refractivity contribution is 5.42. The van der Waals surface area contributed by atoms with E-state index in [1.807, 2.05) is 18.2 Å². The van der Waals surface area contributed by atoms with E-state index in [1.54, 1.807) is 14.2 Å². The Balaban J connectivity index is 1.99. The first-order valence-corrected chi connectivity index (χ1v) is 9.68. The van der Waals surface area contributed by atoms with Crippen LogP contribution in [-0.4, -0.2) is 81.2 Å². The Morgan fingerprint density at radius 2 is 2.00 bits per heavy atom. The van der Waals surface area contributed by atoms with Gasteiger partial charge in [-0.1, -0.05) is 12.1 Å². The summed E-state index contributed by atoms with van der Waals surface area (Å²) in [6.45, 7) is 10.6. The summed E-state index contributed by atoms with van der Waals surface area (Å²) in [5.74, 6) is 1.46. The summed E-state index contributed by atoms with van der Waals surface area (Å²) in [5, 5.41) is 10.4. The van der Waals surface area contributed by atoms with Gasteiger partial charge in [-0.25, -0.2) is 0 Å². The van der Waals surface area contributed by atoms with Crippen LogP contribution in [0.5, 0.6) is 11.5 Å². The monoisotopic (exact) mass is 378 g/mol. The zero-order chi connectivity index (χ0) is 19.5. The fraction of sp³-hybridized carbons (Fsp3) is 0.619. The van der Waals surface area contributed by atoms with Crippen LogP contribution in [0, 0.1) is 0 Å². The lowest BCUT2D eigenvalue weighted by Crippen LogP contribution is -2.42. The number of aliphatic hydroxyl groups is 1. The van der Waals surface area contributed by atoms with Crippen molar-refractivity contribution in [3.8, 4) is 11.5 Å². The average molecular weight is 379 g/mol. The summed E-state index contributed by atoms with van der Waals surface area (Å²) >= 11 is 0. The Morgan fingerprint density at radius 3 is 2.67 bits per heavy atom. The van der Waals surface area contributed by atoms with Crippen molar-refractivity contribution in [3.63, 3.8) is 0 Å². The van der Waals surface area contributed by atoms with E-state index in [-0.39, 0.29) is 6.10 Å². The molecular formula is C21H34N2O4. The van der Waals surface area contributed by atoms with Crippen molar-refractivity contribution in [3.05, 3.63) is 36.4 Å². The van der Waals surface area contributed by atoms with E-state index in [2.05, 4.69) is 22.4 Å². The van der Waals surface area contributed by atoms with Crippen LogP contribution in [-0.2, 0) is 11.3 Å². The Kier molecular flexibility index (Phi) is 9.62. The molecule has 1 aliphatic rings. The number of hydrogen-bond acceptors (Lipinski definition) is 6. The molecule has 6 nitrogen and oxygen atoms in total. The number of ether oxygens (including phenoxy) is 3. The van der Waals surface area contributed by atoms with E-state index < -0.39 is 0 Å². The first-order valence-electron chi connectivity index (χ1n) is 9.68. The molecule has 2 rings (SSSR count). The van der Waals surface area contributed by atoms with Gasteiger partial charge in [-0.05, 0) is 30.5 Å². The van der Waals surface area contributed by atoms with Crippen molar-refractivity contribution in [1.82, 2.24) is 9.80 Å². The lowest BCUT2D eigenvalue weighted by Gasteiger charge is -2.31. The van der Waals surface area contributed by atoms with Crippen molar-refractivity contribution in [2.24, 2.45) is 0 Å². The molecule has 0 aliphatic carbocycles. The summed E-state index contributed by atoms with van der Waals surface area (Å²) < 4.78 is 16.2. The van der Waals surface area contributed by atoms with Crippen LogP contribution in [0.15, 0.2) is 30.9 Å². The van der Waals surface area contributed by atoms with Crippen molar-refractivity contribution in [2.75, 3.05) is 60.2 Å². The van der Waals surface area contributed by atoms with Gasteiger partial charge in [0, 0.05) is 39.3 Å². The largest absolute Gasteiger partial charge is 0.493 e. The summed E-state index contributed by atoms with van der Waals surface area (Å²) in [6, 6.07) is 6.00. The predicted octanol–water partition coefficient (Wildman–Crippen LogP) is 2.17. The third-order valence-corrected chi connectivity index (χ3v) is 4.86. The van der Waals surface area contributed by atoms with Crippen LogP contribution in [0.4, 0.5) is 0 Å². The molecule has 0 unspecified atom stereocenters. The number of hydrogen-bond donors (Lipinski definition) is 1. The van der Waals surface area contributed by atoms with Gasteiger partial charge in [-0.3, -0.25) is 9.80 Å². The van der Waals surface area contributed by atoms with E-state index in [0.29, 0.717) is 6.54 Å². The Labute approximate surface area is 163 Å². The van der Waals surface area contributed by atoms with Gasteiger partial charge in [0.1, 0.15) is 0 Å². The zero-order valence-corrected chi connectivity index (χ0v) is 16.7. The molecular weight excluding hydrogens is 344 g/mol. The molecule has 1 aromatic carbocycles. The van der Waals surface area contributed by atoms with Gasteiger partial charge in [0.25, 0.3) is 0 Å². The van der Waals surface area contributed by atoms with E-state index >= 15 is 0 Å². The van der Waals surface area contributed by atoms with Gasteiger partial charge in [-0.2, -0.15) is 0 Å². The van der Waals surface area contributed by atoms with Crippen LogP contribution < -0.4 is 9.47 Å². The van der Waals surface area contributed by atoms with Crippen molar-refractivity contribution in [1.29, 1.82) is 0 Å². The second-order valence-electron chi connectivity index (χ2n) is 6.90. The Bertz CT molecular complexity index is 561. The topological polar surface area (TPSA) is 54.4 Å². The Morgan fingerprint density at radius 1 is 1.26 bits per heavy atom. The average Bonchev–Trinajstić information content (AvgIpc) is 2.71. The molecule has 1 saturated heterocycles. The van der Waals surface area contributed by atoms with Crippen LogP contribution in [0.3, 0.4) is 0 Å². The number of allylic oxidation sites excluding steroid dienone is 1. The molecule has 152 valence electrons. The molecule has 0 aromatic heterocycles. The van der Waals surface area contributed by atoms with Crippen molar-refractivity contribution >= 4 is 0 Å². The minimum atomic E-state index is -0.354. The minimum Gasteiger partial charge on any atom is -0.493 e. The van der Waals surface area contributed by atoms with Gasteiger partial charge >= 0.3 is 0 Å². The molecule has 1 fully saturated rings. The molecule has 1 heterocycles. The highest BCUT2D eigenvalue weighted by Crippen LogP contribution is 2.28. The van der Waals surface area contributed by atoms with E-state index in [9.17, 15) is 5.11 Å². The molecule has 0 bridgehead atoms. The quantitative estimate of drug-likeness (QED) is 0.563. The molecule has 0 spiro atoms. The van der Waals surface area contributed by atoms with Gasteiger partial charge in [0.05, 0.1) is 33.5 Å². The number of morpholine rings is 1. The first kappa shape index (κ1) is 21.7. The van der Waals surface area contributed by atoms with Crippen LogP contribution in [0.2, 0.25) is 0 Å². The van der Waals surface area contributed by atoms with Crippen molar-refractivity contribution < 1.29 is 19.3 Å². The second kappa shape index (κ2) is 12.0. The minimum absolute atomic E-state index is 0.354. The third kappa shape index (κ3) is 7.50. The highest BCUT2D eigenvalue weighted by atomic mass is 16.5. The van der Waals surface area contributed by atoms with Gasteiger partial charge < -0.3 is 19.3 Å². The molecule has 0 radical (unpaired) electrons. The van der Waals surface area contributed by atoms with E-state index in [1.165, 1.54) is 0 Å². The van der Waals surface area contributed by atoms with E-state index in [0.717, 1.165) is 75.8 Å². The second-order valence-corrected chi connectivity index (χ2v) is 6.90. The maximum absolute atomic E-state index is 10.4. The molecule has 1 aliphatic heterocycles. The number of methoxy groups -OCH3 is 2. The summed E-state index contributed by atoms with van der Waals surface area (Å²) in [7, 11) is 3.29. The number of benzene rings is 1. The summed E-state index contributed by atoms with van der Waals surface area (Å²) in [4.78, 5) is 4.73. The fourth-order valence-corrected chi connectivity index (χ4v) is 3.28. The van der Waals surface area contributed by atoms with Crippen LogP contribution in [0.1, 0.15) is 18.4 Å². The van der Waals surface area contributed by atoms with Crippen molar-refractivity contribution in [2.45, 2.75) is 25.5 Å². The fourth-order valence-electron chi connectivity index (χ4n) is 3.28. The molecule has 6 heteroatoms. The molecule has 27 heavy (non-hydrogen) atoms. The molecule has 1 atom stereocenters. The molecule has 1 N–H and O–H groups in total. The van der Waals surface area contributed by atoms with Gasteiger partial charge in [0.2, 0.25) is 0 Å². The van der Waals surface area contributed by atoms with Gasteiger partial charge in [-0.15, -0.1) is 6.58 Å².